The van der Waals surface area contributed by atoms with Crippen LogP contribution in [0.25, 0.3) is 11.0 Å². The summed E-state index contributed by atoms with van der Waals surface area (Å²) in [4.78, 5) is 13.9. The summed E-state index contributed by atoms with van der Waals surface area (Å²) in [6, 6.07) is 7.53. The highest BCUT2D eigenvalue weighted by atomic mass is 19.1. The van der Waals surface area contributed by atoms with E-state index in [0.29, 0.717) is 17.7 Å². The molecule has 6 rings (SSSR count). The largest absolute Gasteiger partial charge is 0.356 e. The van der Waals surface area contributed by atoms with Gasteiger partial charge in [-0.15, -0.1) is 0 Å². The minimum atomic E-state index is -0.301. The van der Waals surface area contributed by atoms with Crippen LogP contribution in [0.4, 0.5) is 10.3 Å². The van der Waals surface area contributed by atoms with Gasteiger partial charge in [0.05, 0.1) is 0 Å². The molecule has 2 aromatic heterocycles. The zero-order valence-electron chi connectivity index (χ0n) is 14.8. The van der Waals surface area contributed by atoms with E-state index in [9.17, 15) is 4.39 Å². The maximum Gasteiger partial charge on any atom is 0.225 e. The van der Waals surface area contributed by atoms with E-state index in [1.165, 1.54) is 18.6 Å². The van der Waals surface area contributed by atoms with E-state index in [1.54, 1.807) is 6.07 Å². The Morgan fingerprint density at radius 2 is 1.85 bits per heavy atom. The van der Waals surface area contributed by atoms with Gasteiger partial charge >= 0.3 is 0 Å². The molecule has 2 bridgehead atoms. The molecule has 0 N–H and O–H groups in total. The number of piperazine rings is 1. The first-order chi connectivity index (χ1) is 12.6. The minimum Gasteiger partial charge on any atom is -0.356 e. The molecule has 134 valence electrons. The number of rotatable bonds is 3. The first kappa shape index (κ1) is 15.7. The van der Waals surface area contributed by atoms with Gasteiger partial charge in [-0.1, -0.05) is 5.16 Å². The first-order valence-corrected chi connectivity index (χ1v) is 8.93. The van der Waals surface area contributed by atoms with Crippen LogP contribution < -0.4 is 4.90 Å². The van der Waals surface area contributed by atoms with Crippen LogP contribution in [-0.4, -0.2) is 45.2 Å². The van der Waals surface area contributed by atoms with Gasteiger partial charge in [-0.2, -0.15) is 0 Å². The van der Waals surface area contributed by atoms with Crippen LogP contribution in [0.5, 0.6) is 0 Å². The summed E-state index contributed by atoms with van der Waals surface area (Å²) >= 11 is 0. The van der Waals surface area contributed by atoms with Gasteiger partial charge in [-0.3, -0.25) is 4.90 Å². The van der Waals surface area contributed by atoms with E-state index in [-0.39, 0.29) is 5.82 Å². The second kappa shape index (κ2) is 5.74. The van der Waals surface area contributed by atoms with Gasteiger partial charge in [0.15, 0.2) is 5.58 Å². The van der Waals surface area contributed by atoms with Gasteiger partial charge in [-0.05, 0) is 38.5 Å². The first-order valence-electron chi connectivity index (χ1n) is 8.93. The molecule has 0 aliphatic carbocycles. The van der Waals surface area contributed by atoms with Crippen molar-refractivity contribution in [3.63, 3.8) is 0 Å². The highest BCUT2D eigenvalue weighted by molar-refractivity contribution is 5.79. The smallest absolute Gasteiger partial charge is 0.225 e. The van der Waals surface area contributed by atoms with Crippen molar-refractivity contribution in [2.75, 3.05) is 18.0 Å². The molecular formula is C19H20FN5O. The Kier molecular flexibility index (Phi) is 3.46. The number of anilines is 1. The van der Waals surface area contributed by atoms with Crippen LogP contribution in [0.1, 0.15) is 23.5 Å². The molecule has 3 aliphatic rings. The van der Waals surface area contributed by atoms with E-state index in [1.807, 2.05) is 19.9 Å². The number of benzene rings is 1. The number of aryl methyl sites for hydroxylation is 2. The third-order valence-electron chi connectivity index (χ3n) is 5.44. The van der Waals surface area contributed by atoms with Crippen LogP contribution >= 0.6 is 0 Å². The van der Waals surface area contributed by atoms with E-state index in [4.69, 9.17) is 4.52 Å². The quantitative estimate of drug-likeness (QED) is 0.722. The van der Waals surface area contributed by atoms with Gasteiger partial charge in [0, 0.05) is 54.6 Å². The van der Waals surface area contributed by atoms with Crippen molar-refractivity contribution in [3.8, 4) is 0 Å². The predicted molar refractivity (Wildman–Crippen MR) is 95.4 cm³/mol. The molecule has 3 saturated heterocycles. The number of hydrogen-bond donors (Lipinski definition) is 0. The van der Waals surface area contributed by atoms with Crippen molar-refractivity contribution in [2.45, 2.75) is 38.9 Å². The lowest BCUT2D eigenvalue weighted by Crippen LogP contribution is -2.68. The maximum atomic E-state index is 13.3. The molecule has 5 heterocycles. The van der Waals surface area contributed by atoms with Gasteiger partial charge in [0.2, 0.25) is 5.95 Å². The molecule has 2 atom stereocenters. The third-order valence-corrected chi connectivity index (χ3v) is 5.44. The highest BCUT2D eigenvalue weighted by Crippen LogP contribution is 2.36. The Morgan fingerprint density at radius 1 is 1.12 bits per heavy atom. The third kappa shape index (κ3) is 2.54. The van der Waals surface area contributed by atoms with Crippen LogP contribution in [0.15, 0.2) is 28.8 Å². The van der Waals surface area contributed by atoms with Gasteiger partial charge in [-0.25, -0.2) is 14.4 Å². The summed E-state index contributed by atoms with van der Waals surface area (Å²) < 4.78 is 18.6. The molecule has 1 aromatic carbocycles. The summed E-state index contributed by atoms with van der Waals surface area (Å²) in [5.41, 5.74) is 3.40. The molecule has 0 spiro atoms. The lowest BCUT2D eigenvalue weighted by molar-refractivity contribution is -0.0103. The van der Waals surface area contributed by atoms with E-state index in [2.05, 4.69) is 24.9 Å². The number of fused-ring (bicyclic) bond motifs is 3. The normalized spacial score (nSPS) is 22.7. The highest BCUT2D eigenvalue weighted by Gasteiger charge is 2.45. The molecular weight excluding hydrogens is 333 g/mol. The SMILES string of the molecule is Cc1cc(C)nc(N2CC3CC(C2)N3Cc2noc3cc(F)ccc23)n1. The second-order valence-electron chi connectivity index (χ2n) is 7.34. The summed E-state index contributed by atoms with van der Waals surface area (Å²) in [7, 11) is 0. The van der Waals surface area contributed by atoms with Crippen molar-refractivity contribution in [1.82, 2.24) is 20.0 Å². The Balaban J connectivity index is 1.33. The van der Waals surface area contributed by atoms with Gasteiger partial charge in [0.1, 0.15) is 11.5 Å². The summed E-state index contributed by atoms with van der Waals surface area (Å²) in [5, 5.41) is 5.06. The summed E-state index contributed by atoms with van der Waals surface area (Å²) in [5.74, 6) is 0.532. The average molecular weight is 353 g/mol. The summed E-state index contributed by atoms with van der Waals surface area (Å²) in [6.07, 6.45) is 1.19. The Hall–Kier alpha value is -2.54. The van der Waals surface area contributed by atoms with E-state index >= 15 is 0 Å². The minimum absolute atomic E-state index is 0.301. The molecule has 6 nitrogen and oxygen atoms in total. The molecule has 0 saturated carbocycles. The monoisotopic (exact) mass is 353 g/mol. The Morgan fingerprint density at radius 3 is 2.58 bits per heavy atom. The van der Waals surface area contributed by atoms with Crippen molar-refractivity contribution in [2.24, 2.45) is 0 Å². The topological polar surface area (TPSA) is 58.3 Å². The predicted octanol–water partition coefficient (Wildman–Crippen LogP) is 2.84. The maximum absolute atomic E-state index is 13.3. The fourth-order valence-corrected chi connectivity index (χ4v) is 4.21. The Bertz CT molecular complexity index is 955. The lowest BCUT2D eigenvalue weighted by atomic mass is 9.87. The molecule has 0 amide bonds. The molecule has 3 aromatic rings. The van der Waals surface area contributed by atoms with Gasteiger partial charge in [0.25, 0.3) is 0 Å². The Labute approximate surface area is 150 Å². The molecule has 7 heteroatoms. The van der Waals surface area contributed by atoms with Crippen molar-refractivity contribution in [3.05, 3.63) is 47.2 Å². The van der Waals surface area contributed by atoms with Gasteiger partial charge < -0.3 is 9.42 Å². The number of hydrogen-bond acceptors (Lipinski definition) is 6. The number of aromatic nitrogens is 3. The van der Waals surface area contributed by atoms with E-state index in [0.717, 1.165) is 48.1 Å². The lowest BCUT2D eigenvalue weighted by Gasteiger charge is -2.56. The molecule has 3 aliphatic heterocycles. The number of halogens is 1. The van der Waals surface area contributed by atoms with E-state index < -0.39 is 0 Å². The zero-order chi connectivity index (χ0) is 17.8. The van der Waals surface area contributed by atoms with Crippen LogP contribution in [0.3, 0.4) is 0 Å². The van der Waals surface area contributed by atoms with Crippen LogP contribution in [0, 0.1) is 19.7 Å². The van der Waals surface area contributed by atoms with Crippen LogP contribution in [0.2, 0.25) is 0 Å². The van der Waals surface area contributed by atoms with Crippen molar-refractivity contribution < 1.29 is 8.91 Å². The second-order valence-corrected chi connectivity index (χ2v) is 7.34. The molecule has 0 radical (unpaired) electrons. The average Bonchev–Trinajstić information content (AvgIpc) is 3.00. The number of piperidine rings is 1. The van der Waals surface area contributed by atoms with Crippen molar-refractivity contribution in [1.29, 1.82) is 0 Å². The zero-order valence-corrected chi connectivity index (χ0v) is 14.8. The fourth-order valence-electron chi connectivity index (χ4n) is 4.21. The fraction of sp³-hybridized carbons (Fsp3) is 0.421. The summed E-state index contributed by atoms with van der Waals surface area (Å²) in [6.45, 7) is 6.59. The number of nitrogens with zero attached hydrogens (tertiary/aromatic N) is 5. The standard InChI is InChI=1S/C19H20FN5O/c1-11-5-12(2)22-19(21-11)24-8-14-7-15(9-24)25(14)10-17-16-4-3-13(20)6-18(16)26-23-17/h3-6,14-15H,7-10H2,1-2H3. The molecule has 3 fully saturated rings. The molecule has 26 heavy (non-hydrogen) atoms. The van der Waals surface area contributed by atoms with Crippen LogP contribution in [-0.2, 0) is 6.54 Å². The van der Waals surface area contributed by atoms with Crippen molar-refractivity contribution >= 4 is 16.9 Å². The molecule has 2 unspecified atom stereocenters.